The molecule has 66 heavy (non-hydrogen) atoms. The summed E-state index contributed by atoms with van der Waals surface area (Å²) in [7, 11) is 4.89. The average molecular weight is 910 g/mol. The number of piperidine rings is 1. The van der Waals surface area contributed by atoms with Gasteiger partial charge in [0.15, 0.2) is 5.60 Å². The van der Waals surface area contributed by atoms with Gasteiger partial charge in [-0.2, -0.15) is 0 Å². The van der Waals surface area contributed by atoms with Gasteiger partial charge in [0.1, 0.15) is 23.3 Å². The van der Waals surface area contributed by atoms with Crippen molar-refractivity contribution < 1.29 is 43.9 Å². The fourth-order valence-electron chi connectivity index (χ4n) is 14.6. The number of anilines is 1. The first-order valence-electron chi connectivity index (χ1n) is 24.3. The summed E-state index contributed by atoms with van der Waals surface area (Å²) >= 11 is 0. The van der Waals surface area contributed by atoms with Gasteiger partial charge >= 0.3 is 11.9 Å². The first-order chi connectivity index (χ1) is 31.4. The number of nitrogens with zero attached hydrogens (tertiary/aromatic N) is 3. The number of nitrogens with one attached hydrogen (secondary N) is 2. The summed E-state index contributed by atoms with van der Waals surface area (Å²) < 4.78 is 17.9. The standard InChI is InChI=1S/C52H71N5O9/c1-10-48(62)27-32-28-50(46(61)65-9,41-34(18-22-56(29-32)30-48)33-16-13-14-17-37(33)53-41)36-25-35-39(26-40(36)64-8)55(7)47(6)51(35)20-23-57-21-15-19-49(11-2,43(51)57)44(59)52(47,63)45(60)54-38(24-31(4)5)42(58)66-12-3/h13-17,19,25-26,31-32,38,43-44,53,59,62-63H,10-12,18,20-24,27-30H2,1-9H3,(H,54,60)/t32-,38?,43-,44+,47+,48-,49+,50-,51+,52-/m0/s1. The minimum Gasteiger partial charge on any atom is -0.496 e. The first-order valence-corrected chi connectivity index (χ1v) is 24.3. The molecule has 14 nitrogen and oxygen atoms in total. The van der Waals surface area contributed by atoms with Crippen molar-refractivity contribution in [1.82, 2.24) is 20.1 Å². The van der Waals surface area contributed by atoms with Crippen molar-refractivity contribution in [3.05, 3.63) is 70.9 Å². The molecule has 5 aliphatic heterocycles. The van der Waals surface area contributed by atoms with Crippen LogP contribution in [0.1, 0.15) is 102 Å². The number of amides is 1. The molecular weight excluding hydrogens is 839 g/mol. The third-order valence-corrected chi connectivity index (χ3v) is 17.7. The molecule has 1 amide bonds. The van der Waals surface area contributed by atoms with Crippen LogP contribution in [0.25, 0.3) is 10.9 Å². The van der Waals surface area contributed by atoms with Crippen molar-refractivity contribution in [3.8, 4) is 5.75 Å². The van der Waals surface area contributed by atoms with Crippen molar-refractivity contribution in [3.63, 3.8) is 0 Å². The highest BCUT2D eigenvalue weighted by atomic mass is 16.5. The number of carbonyl (C=O) groups excluding carboxylic acids is 3. The number of hydrogen-bond donors (Lipinski definition) is 5. The molecule has 1 spiro atoms. The maximum atomic E-state index is 15.5. The van der Waals surface area contributed by atoms with Crippen molar-refractivity contribution >= 4 is 34.4 Å². The number of aromatic amines is 1. The number of aromatic nitrogens is 1. The van der Waals surface area contributed by atoms with Crippen LogP contribution in [0.4, 0.5) is 5.69 Å². The molecule has 2 aromatic carbocycles. The molecule has 14 heteroatoms. The van der Waals surface area contributed by atoms with E-state index in [1.807, 2.05) is 83.0 Å². The zero-order chi connectivity index (χ0) is 47.4. The average Bonchev–Trinajstić information content (AvgIpc) is 3.96. The molecule has 1 saturated carbocycles. The van der Waals surface area contributed by atoms with E-state index in [2.05, 4.69) is 32.2 Å². The lowest BCUT2D eigenvalue weighted by Gasteiger charge is -2.68. The molecule has 9 rings (SSSR count). The minimum atomic E-state index is -2.50. The highest BCUT2D eigenvalue weighted by Crippen LogP contribution is 2.71. The van der Waals surface area contributed by atoms with Gasteiger partial charge in [0.25, 0.3) is 5.91 Å². The Morgan fingerprint density at radius 1 is 1.02 bits per heavy atom. The maximum Gasteiger partial charge on any atom is 0.328 e. The summed E-state index contributed by atoms with van der Waals surface area (Å²) in [6.07, 6.45) is 5.62. The van der Waals surface area contributed by atoms with Crippen molar-refractivity contribution in [2.45, 2.75) is 132 Å². The second-order valence-corrected chi connectivity index (χ2v) is 21.0. The van der Waals surface area contributed by atoms with Crippen LogP contribution in [-0.2, 0) is 41.1 Å². The molecule has 2 unspecified atom stereocenters. The number of aliphatic hydroxyl groups excluding tert-OH is 1. The van der Waals surface area contributed by atoms with Gasteiger partial charge in [-0.1, -0.05) is 58.0 Å². The van der Waals surface area contributed by atoms with Crippen LogP contribution in [0.3, 0.4) is 0 Å². The predicted molar refractivity (Wildman–Crippen MR) is 252 cm³/mol. The van der Waals surface area contributed by atoms with E-state index in [4.69, 9.17) is 14.2 Å². The van der Waals surface area contributed by atoms with Crippen molar-refractivity contribution in [2.75, 3.05) is 65.5 Å². The van der Waals surface area contributed by atoms with Crippen LogP contribution in [0, 0.1) is 17.3 Å². The molecule has 1 aliphatic carbocycles. The Balaban J connectivity index is 1.33. The summed E-state index contributed by atoms with van der Waals surface area (Å²) in [5, 5.41) is 43.0. The van der Waals surface area contributed by atoms with Crippen LogP contribution in [0.2, 0.25) is 0 Å². The highest BCUT2D eigenvalue weighted by Gasteiger charge is 2.84. The number of benzene rings is 2. The number of aliphatic hydroxyl groups is 3. The van der Waals surface area contributed by atoms with Crippen LogP contribution in [-0.4, -0.2) is 143 Å². The van der Waals surface area contributed by atoms with E-state index in [0.29, 0.717) is 88.2 Å². The van der Waals surface area contributed by atoms with E-state index in [1.54, 1.807) is 14.0 Å². The molecular formula is C52H71N5O9. The van der Waals surface area contributed by atoms with Gasteiger partial charge in [0, 0.05) is 84.0 Å². The molecule has 2 saturated heterocycles. The zero-order valence-corrected chi connectivity index (χ0v) is 40.3. The summed E-state index contributed by atoms with van der Waals surface area (Å²) in [5.41, 5.74) is -3.82. The molecule has 6 heterocycles. The number of rotatable bonds is 11. The SMILES string of the molecule is CCOC(=O)C(CC(C)C)NC(=O)[C@@]1(O)[C@H](O)[C@]2(CC)C=CCN3CC[C@@]4(c5cc([C@@]6(C(=O)OC)C[C@H]7CN(CCc8c6[nH]c6ccccc86)C[C@](O)(CC)C7)c(OC)cc5N(C)[C@@]14C)[C@@H]32. The van der Waals surface area contributed by atoms with Gasteiger partial charge in [-0.05, 0) is 100 Å². The lowest BCUT2D eigenvalue weighted by Crippen LogP contribution is -2.87. The fourth-order valence-corrected chi connectivity index (χ4v) is 14.6. The normalized spacial score (nSPS) is 36.0. The molecule has 1 aromatic heterocycles. The van der Waals surface area contributed by atoms with E-state index in [-0.39, 0.29) is 30.9 Å². The summed E-state index contributed by atoms with van der Waals surface area (Å²) in [4.78, 5) is 55.0. The molecule has 2 bridgehead atoms. The number of H-pyrrole nitrogens is 1. The van der Waals surface area contributed by atoms with E-state index >= 15 is 9.59 Å². The Morgan fingerprint density at radius 2 is 1.77 bits per heavy atom. The summed E-state index contributed by atoms with van der Waals surface area (Å²) in [6.45, 7) is 14.8. The van der Waals surface area contributed by atoms with Crippen LogP contribution in [0.15, 0.2) is 48.6 Å². The second-order valence-electron chi connectivity index (χ2n) is 21.0. The van der Waals surface area contributed by atoms with Crippen molar-refractivity contribution in [1.29, 1.82) is 0 Å². The smallest absolute Gasteiger partial charge is 0.328 e. The number of carbonyl (C=O) groups is 3. The van der Waals surface area contributed by atoms with Crippen LogP contribution < -0.4 is 15.0 Å². The largest absolute Gasteiger partial charge is 0.496 e. The Bertz CT molecular complexity index is 2450. The Hall–Kier alpha value is -4.47. The van der Waals surface area contributed by atoms with Gasteiger partial charge in [-0.25, -0.2) is 4.79 Å². The van der Waals surface area contributed by atoms with Crippen molar-refractivity contribution in [2.24, 2.45) is 17.3 Å². The number of para-hydroxylation sites is 1. The van der Waals surface area contributed by atoms with E-state index < -0.39 is 63.0 Å². The fraction of sp³-hybridized carbons (Fsp3) is 0.635. The number of fused-ring (bicyclic) bond motifs is 6. The second kappa shape index (κ2) is 16.4. The first kappa shape index (κ1) is 46.6. The van der Waals surface area contributed by atoms with E-state index in [9.17, 15) is 20.1 Å². The van der Waals surface area contributed by atoms with Crippen LogP contribution in [0.5, 0.6) is 5.75 Å². The number of hydrogen-bond acceptors (Lipinski definition) is 12. The quantitative estimate of drug-likeness (QED) is 0.132. The number of likely N-dealkylation sites (N-methyl/N-ethyl adjacent to an activating group) is 1. The lowest BCUT2D eigenvalue weighted by atomic mass is 9.42. The van der Waals surface area contributed by atoms with Gasteiger partial charge < -0.3 is 44.7 Å². The number of esters is 2. The highest BCUT2D eigenvalue weighted by molar-refractivity contribution is 5.97. The third kappa shape index (κ3) is 6.12. The van der Waals surface area contributed by atoms with Crippen LogP contribution >= 0.6 is 0 Å². The number of methoxy groups -OCH3 is 2. The Kier molecular flexibility index (Phi) is 11.6. The molecule has 6 aliphatic rings. The minimum absolute atomic E-state index is 0.00201. The zero-order valence-electron chi connectivity index (χ0n) is 40.3. The third-order valence-electron chi connectivity index (χ3n) is 17.7. The number of ether oxygens (including phenoxy) is 3. The molecule has 3 aromatic rings. The van der Waals surface area contributed by atoms with E-state index in [0.717, 1.165) is 27.7 Å². The Morgan fingerprint density at radius 3 is 2.45 bits per heavy atom. The lowest BCUT2D eigenvalue weighted by molar-refractivity contribution is -0.224. The summed E-state index contributed by atoms with van der Waals surface area (Å²) in [5.74, 6) is -1.60. The van der Waals surface area contributed by atoms with Gasteiger partial charge in [0.2, 0.25) is 0 Å². The predicted octanol–water partition coefficient (Wildman–Crippen LogP) is 4.73. The molecule has 0 radical (unpaired) electrons. The molecule has 5 N–H and O–H groups in total. The topological polar surface area (TPSA) is 177 Å². The molecule has 11 atom stereocenters. The van der Waals surface area contributed by atoms with Gasteiger partial charge in [-0.15, -0.1) is 0 Å². The molecule has 358 valence electrons. The van der Waals surface area contributed by atoms with Gasteiger partial charge in [0.05, 0.1) is 32.0 Å². The van der Waals surface area contributed by atoms with Gasteiger partial charge in [-0.3, -0.25) is 19.4 Å². The van der Waals surface area contributed by atoms with E-state index in [1.165, 1.54) is 7.11 Å². The monoisotopic (exact) mass is 910 g/mol. The molecule has 3 fully saturated rings. The maximum absolute atomic E-state index is 15.5. The summed E-state index contributed by atoms with van der Waals surface area (Å²) in [6, 6.07) is 10.7. The Labute approximate surface area is 389 Å².